The Labute approximate surface area is 116 Å². The summed E-state index contributed by atoms with van der Waals surface area (Å²) in [5.41, 5.74) is 1.87. The molecular formula is C13H9Br2FO. The lowest BCUT2D eigenvalue weighted by molar-refractivity contribution is 0.415. The summed E-state index contributed by atoms with van der Waals surface area (Å²) in [6.45, 7) is 0. The zero-order valence-corrected chi connectivity index (χ0v) is 12.2. The van der Waals surface area contributed by atoms with Crippen molar-refractivity contribution in [3.8, 4) is 16.9 Å². The van der Waals surface area contributed by atoms with Crippen molar-refractivity contribution in [1.82, 2.24) is 0 Å². The monoisotopic (exact) mass is 358 g/mol. The van der Waals surface area contributed by atoms with Gasteiger partial charge >= 0.3 is 0 Å². The normalized spacial score (nSPS) is 10.4. The molecule has 0 fully saturated rings. The van der Waals surface area contributed by atoms with Crippen LogP contribution in [0.3, 0.4) is 0 Å². The Morgan fingerprint density at radius 3 is 2.35 bits per heavy atom. The van der Waals surface area contributed by atoms with Gasteiger partial charge in [-0.1, -0.05) is 37.9 Å². The van der Waals surface area contributed by atoms with Crippen LogP contribution in [0.15, 0.2) is 45.3 Å². The van der Waals surface area contributed by atoms with Crippen LogP contribution in [0.4, 0.5) is 4.39 Å². The molecule has 0 aromatic heterocycles. The molecule has 0 bridgehead atoms. The molecule has 2 aromatic rings. The second kappa shape index (κ2) is 5.19. The number of ether oxygens (including phenoxy) is 1. The molecule has 1 nitrogen and oxygen atoms in total. The van der Waals surface area contributed by atoms with Crippen LogP contribution < -0.4 is 4.74 Å². The summed E-state index contributed by atoms with van der Waals surface area (Å²) in [5.74, 6) is 0.499. The fourth-order valence-corrected chi connectivity index (χ4v) is 2.57. The van der Waals surface area contributed by atoms with E-state index in [0.717, 1.165) is 21.3 Å². The molecule has 0 atom stereocenters. The number of hydrogen-bond donors (Lipinski definition) is 0. The molecule has 0 N–H and O–H groups in total. The Bertz CT molecular complexity index is 555. The summed E-state index contributed by atoms with van der Waals surface area (Å²) in [6, 6.07) is 10.3. The highest BCUT2D eigenvalue weighted by Crippen LogP contribution is 2.36. The van der Waals surface area contributed by atoms with E-state index in [4.69, 9.17) is 4.74 Å². The van der Waals surface area contributed by atoms with E-state index in [1.807, 2.05) is 18.2 Å². The SMILES string of the molecule is COc1ccc(Br)c(-c2ccc(F)cc2Br)c1. The van der Waals surface area contributed by atoms with E-state index in [9.17, 15) is 4.39 Å². The number of hydrogen-bond acceptors (Lipinski definition) is 1. The van der Waals surface area contributed by atoms with Gasteiger partial charge in [0.2, 0.25) is 0 Å². The predicted octanol–water partition coefficient (Wildman–Crippen LogP) is 5.03. The molecule has 0 amide bonds. The van der Waals surface area contributed by atoms with Crippen molar-refractivity contribution in [1.29, 1.82) is 0 Å². The third-order valence-electron chi connectivity index (χ3n) is 2.39. The molecule has 4 heteroatoms. The largest absolute Gasteiger partial charge is 0.497 e. The summed E-state index contributed by atoms with van der Waals surface area (Å²) in [7, 11) is 1.62. The van der Waals surface area contributed by atoms with Gasteiger partial charge in [-0.2, -0.15) is 0 Å². The first-order chi connectivity index (χ1) is 8.11. The van der Waals surface area contributed by atoms with E-state index in [1.165, 1.54) is 12.1 Å². The summed E-state index contributed by atoms with van der Waals surface area (Å²) < 4.78 is 19.9. The van der Waals surface area contributed by atoms with Crippen LogP contribution >= 0.6 is 31.9 Å². The van der Waals surface area contributed by atoms with Crippen LogP contribution in [0.1, 0.15) is 0 Å². The maximum Gasteiger partial charge on any atom is 0.124 e. The Kier molecular flexibility index (Phi) is 3.84. The molecule has 0 aliphatic rings. The van der Waals surface area contributed by atoms with E-state index >= 15 is 0 Å². The zero-order chi connectivity index (χ0) is 12.4. The van der Waals surface area contributed by atoms with Gasteiger partial charge in [0.1, 0.15) is 11.6 Å². The van der Waals surface area contributed by atoms with Crippen molar-refractivity contribution in [2.24, 2.45) is 0 Å². The molecule has 0 aliphatic carbocycles. The molecular weight excluding hydrogens is 351 g/mol. The maximum absolute atomic E-state index is 13.0. The van der Waals surface area contributed by atoms with Crippen molar-refractivity contribution in [2.75, 3.05) is 7.11 Å². The predicted molar refractivity (Wildman–Crippen MR) is 73.8 cm³/mol. The van der Waals surface area contributed by atoms with Crippen LogP contribution in [0.25, 0.3) is 11.1 Å². The van der Waals surface area contributed by atoms with Gasteiger partial charge in [-0.15, -0.1) is 0 Å². The Balaban J connectivity index is 2.59. The highest BCUT2D eigenvalue weighted by atomic mass is 79.9. The molecule has 0 unspecified atom stereocenters. The van der Waals surface area contributed by atoms with Crippen LogP contribution in [0.2, 0.25) is 0 Å². The molecule has 0 aliphatic heterocycles. The van der Waals surface area contributed by atoms with E-state index in [0.29, 0.717) is 4.47 Å². The standard InChI is InChI=1S/C13H9Br2FO/c1-17-9-3-5-12(14)11(7-9)10-4-2-8(16)6-13(10)15/h2-7H,1H3. The van der Waals surface area contributed by atoms with Crippen molar-refractivity contribution in [3.63, 3.8) is 0 Å². The summed E-state index contributed by atoms with van der Waals surface area (Å²) in [5, 5.41) is 0. The topological polar surface area (TPSA) is 9.23 Å². The first-order valence-corrected chi connectivity index (χ1v) is 6.49. The lowest BCUT2D eigenvalue weighted by atomic mass is 10.1. The number of benzene rings is 2. The molecule has 17 heavy (non-hydrogen) atoms. The average molecular weight is 360 g/mol. The van der Waals surface area contributed by atoms with Gasteiger partial charge < -0.3 is 4.74 Å². The summed E-state index contributed by atoms with van der Waals surface area (Å²) >= 11 is 6.84. The van der Waals surface area contributed by atoms with Gasteiger partial charge in [0.05, 0.1) is 7.11 Å². The van der Waals surface area contributed by atoms with E-state index in [-0.39, 0.29) is 5.82 Å². The van der Waals surface area contributed by atoms with Gasteiger partial charge in [-0.25, -0.2) is 4.39 Å². The molecule has 0 heterocycles. The maximum atomic E-state index is 13.0. The minimum absolute atomic E-state index is 0.264. The zero-order valence-electron chi connectivity index (χ0n) is 9.01. The Morgan fingerprint density at radius 2 is 1.71 bits per heavy atom. The lowest BCUT2D eigenvalue weighted by Crippen LogP contribution is -1.87. The smallest absolute Gasteiger partial charge is 0.124 e. The Morgan fingerprint density at radius 1 is 0.941 bits per heavy atom. The minimum atomic E-state index is -0.264. The highest BCUT2D eigenvalue weighted by Gasteiger charge is 2.09. The lowest BCUT2D eigenvalue weighted by Gasteiger charge is -2.09. The van der Waals surface area contributed by atoms with E-state index in [2.05, 4.69) is 31.9 Å². The van der Waals surface area contributed by atoms with Gasteiger partial charge in [0.15, 0.2) is 0 Å². The second-order valence-electron chi connectivity index (χ2n) is 3.47. The molecule has 0 spiro atoms. The Hall–Kier alpha value is -0.870. The van der Waals surface area contributed by atoms with Gasteiger partial charge in [-0.3, -0.25) is 0 Å². The summed E-state index contributed by atoms with van der Waals surface area (Å²) in [4.78, 5) is 0. The fraction of sp³-hybridized carbons (Fsp3) is 0.0769. The second-order valence-corrected chi connectivity index (χ2v) is 5.18. The fourth-order valence-electron chi connectivity index (χ4n) is 1.55. The molecule has 0 saturated heterocycles. The first kappa shape index (κ1) is 12.6. The summed E-state index contributed by atoms with van der Waals surface area (Å²) in [6.07, 6.45) is 0. The van der Waals surface area contributed by atoms with E-state index < -0.39 is 0 Å². The molecule has 2 rings (SSSR count). The number of halogens is 3. The van der Waals surface area contributed by atoms with Crippen molar-refractivity contribution in [2.45, 2.75) is 0 Å². The van der Waals surface area contributed by atoms with Gasteiger partial charge in [-0.05, 0) is 35.9 Å². The third-order valence-corrected chi connectivity index (χ3v) is 3.74. The van der Waals surface area contributed by atoms with Crippen LogP contribution in [-0.4, -0.2) is 7.11 Å². The van der Waals surface area contributed by atoms with Gasteiger partial charge in [0.25, 0.3) is 0 Å². The average Bonchev–Trinajstić information content (AvgIpc) is 2.30. The van der Waals surface area contributed by atoms with Crippen molar-refractivity contribution in [3.05, 3.63) is 51.2 Å². The van der Waals surface area contributed by atoms with E-state index in [1.54, 1.807) is 13.2 Å². The number of rotatable bonds is 2. The first-order valence-electron chi connectivity index (χ1n) is 4.91. The van der Waals surface area contributed by atoms with Crippen LogP contribution in [-0.2, 0) is 0 Å². The van der Waals surface area contributed by atoms with Crippen molar-refractivity contribution < 1.29 is 9.13 Å². The quantitative estimate of drug-likeness (QED) is 0.730. The van der Waals surface area contributed by atoms with Gasteiger partial charge in [0, 0.05) is 14.5 Å². The minimum Gasteiger partial charge on any atom is -0.497 e. The molecule has 88 valence electrons. The highest BCUT2D eigenvalue weighted by molar-refractivity contribution is 9.11. The molecule has 0 radical (unpaired) electrons. The van der Waals surface area contributed by atoms with Crippen LogP contribution in [0.5, 0.6) is 5.75 Å². The van der Waals surface area contributed by atoms with Crippen molar-refractivity contribution >= 4 is 31.9 Å². The molecule has 2 aromatic carbocycles. The number of methoxy groups -OCH3 is 1. The van der Waals surface area contributed by atoms with Crippen LogP contribution in [0, 0.1) is 5.82 Å². The third kappa shape index (κ3) is 2.69. The molecule has 0 saturated carbocycles.